The number of aromatic amines is 1. The van der Waals surface area contributed by atoms with E-state index in [2.05, 4.69) is 9.97 Å². The number of fused-ring (bicyclic) bond motifs is 1. The first-order chi connectivity index (χ1) is 9.58. The fourth-order valence-electron chi connectivity index (χ4n) is 2.61. The third-order valence-electron chi connectivity index (χ3n) is 3.47. The van der Waals surface area contributed by atoms with Gasteiger partial charge in [0.1, 0.15) is 0 Å². The van der Waals surface area contributed by atoms with Gasteiger partial charge in [0.25, 0.3) is 0 Å². The third kappa shape index (κ3) is 1.86. The number of aryl methyl sites for hydroxylation is 1. The molecule has 0 aliphatic carbocycles. The number of ketones is 1. The van der Waals surface area contributed by atoms with E-state index in [-0.39, 0.29) is 5.78 Å². The Morgan fingerprint density at radius 3 is 2.75 bits per heavy atom. The Morgan fingerprint density at radius 2 is 2.10 bits per heavy atom. The Hall–Kier alpha value is -2.62. The molecular weight excluding hydrogens is 250 g/mol. The normalized spacial score (nSPS) is 10.9. The van der Waals surface area contributed by atoms with Gasteiger partial charge in [0, 0.05) is 34.6 Å². The summed E-state index contributed by atoms with van der Waals surface area (Å²) < 4.78 is 0. The fraction of sp³-hybridized carbons (Fsp3) is 0.125. The van der Waals surface area contributed by atoms with Crippen LogP contribution in [0.25, 0.3) is 22.0 Å². The van der Waals surface area contributed by atoms with Crippen molar-refractivity contribution in [1.29, 1.82) is 0 Å². The molecule has 4 heteroatoms. The lowest BCUT2D eigenvalue weighted by atomic mass is 10.0. The first-order valence-corrected chi connectivity index (χ1v) is 6.41. The maximum atomic E-state index is 11.8. The highest BCUT2D eigenvalue weighted by atomic mass is 16.1. The van der Waals surface area contributed by atoms with Crippen LogP contribution in [0.4, 0.5) is 5.69 Å². The van der Waals surface area contributed by atoms with Crippen molar-refractivity contribution < 1.29 is 4.79 Å². The number of nitrogens with two attached hydrogens (primary N) is 1. The second-order valence-electron chi connectivity index (χ2n) is 4.91. The van der Waals surface area contributed by atoms with Crippen LogP contribution in [0, 0.1) is 6.92 Å². The Balaban J connectivity index is 2.33. The molecule has 0 amide bonds. The van der Waals surface area contributed by atoms with Gasteiger partial charge < -0.3 is 10.7 Å². The number of hydrogen-bond acceptors (Lipinski definition) is 3. The van der Waals surface area contributed by atoms with E-state index in [9.17, 15) is 4.79 Å². The van der Waals surface area contributed by atoms with Gasteiger partial charge in [-0.1, -0.05) is 6.07 Å². The van der Waals surface area contributed by atoms with Crippen LogP contribution < -0.4 is 5.73 Å². The molecule has 0 fully saturated rings. The van der Waals surface area contributed by atoms with Gasteiger partial charge in [0.05, 0.1) is 11.2 Å². The smallest absolute Gasteiger partial charge is 0.162 e. The van der Waals surface area contributed by atoms with Crippen molar-refractivity contribution in [3.63, 3.8) is 0 Å². The van der Waals surface area contributed by atoms with E-state index in [1.54, 1.807) is 19.3 Å². The van der Waals surface area contributed by atoms with Gasteiger partial charge in [-0.05, 0) is 37.6 Å². The zero-order chi connectivity index (χ0) is 14.3. The van der Waals surface area contributed by atoms with E-state index >= 15 is 0 Å². The summed E-state index contributed by atoms with van der Waals surface area (Å²) in [6, 6.07) is 7.74. The highest BCUT2D eigenvalue weighted by Gasteiger charge is 2.15. The summed E-state index contributed by atoms with van der Waals surface area (Å²) >= 11 is 0. The molecule has 100 valence electrons. The van der Waals surface area contributed by atoms with Crippen molar-refractivity contribution in [3.8, 4) is 11.1 Å². The third-order valence-corrected chi connectivity index (χ3v) is 3.47. The van der Waals surface area contributed by atoms with Crippen LogP contribution in [0.3, 0.4) is 0 Å². The second-order valence-corrected chi connectivity index (χ2v) is 4.91. The maximum Gasteiger partial charge on any atom is 0.162 e. The number of carbonyl (C=O) groups is 1. The second kappa shape index (κ2) is 4.49. The number of hydrogen-bond donors (Lipinski definition) is 2. The molecular formula is C16H15N3O. The van der Waals surface area contributed by atoms with Gasteiger partial charge >= 0.3 is 0 Å². The number of anilines is 1. The van der Waals surface area contributed by atoms with Crippen molar-refractivity contribution in [2.24, 2.45) is 0 Å². The molecule has 3 N–H and O–H groups in total. The van der Waals surface area contributed by atoms with E-state index < -0.39 is 0 Å². The molecule has 20 heavy (non-hydrogen) atoms. The number of carbonyl (C=O) groups excluding carboxylic acids is 1. The van der Waals surface area contributed by atoms with Crippen molar-refractivity contribution in [3.05, 3.63) is 47.9 Å². The summed E-state index contributed by atoms with van der Waals surface area (Å²) in [7, 11) is 0. The van der Waals surface area contributed by atoms with Crippen molar-refractivity contribution in [2.45, 2.75) is 13.8 Å². The van der Waals surface area contributed by atoms with Crippen LogP contribution in [0.1, 0.15) is 23.0 Å². The number of pyridine rings is 1. The average molecular weight is 265 g/mol. The number of benzene rings is 1. The lowest BCUT2D eigenvalue weighted by Gasteiger charge is -2.05. The predicted octanol–water partition coefficient (Wildman–Crippen LogP) is 3.32. The molecule has 0 spiro atoms. The van der Waals surface area contributed by atoms with Crippen molar-refractivity contribution in [1.82, 2.24) is 9.97 Å². The number of H-pyrrole nitrogens is 1. The number of aromatic nitrogens is 2. The fourth-order valence-corrected chi connectivity index (χ4v) is 2.61. The Kier molecular flexibility index (Phi) is 2.79. The van der Waals surface area contributed by atoms with Gasteiger partial charge in [-0.3, -0.25) is 9.78 Å². The Bertz CT molecular complexity index is 803. The Morgan fingerprint density at radius 1 is 1.30 bits per heavy atom. The first-order valence-electron chi connectivity index (χ1n) is 6.41. The van der Waals surface area contributed by atoms with E-state index in [4.69, 9.17) is 5.73 Å². The lowest BCUT2D eigenvalue weighted by molar-refractivity contribution is 0.101. The molecule has 3 aromatic rings. The van der Waals surface area contributed by atoms with Crippen LogP contribution in [-0.4, -0.2) is 15.8 Å². The monoisotopic (exact) mass is 265 g/mol. The van der Waals surface area contributed by atoms with Crippen LogP contribution in [0.5, 0.6) is 0 Å². The summed E-state index contributed by atoms with van der Waals surface area (Å²) in [5.41, 5.74) is 11.1. The lowest BCUT2D eigenvalue weighted by Crippen LogP contribution is -1.93. The minimum atomic E-state index is 0.0384. The number of Topliss-reactive ketones (excluding diaryl/α,β-unsaturated/α-hetero) is 1. The van der Waals surface area contributed by atoms with E-state index in [0.717, 1.165) is 27.7 Å². The van der Waals surface area contributed by atoms with Gasteiger partial charge in [0.15, 0.2) is 5.78 Å². The van der Waals surface area contributed by atoms with Crippen LogP contribution in [0.2, 0.25) is 0 Å². The van der Waals surface area contributed by atoms with E-state index in [1.807, 2.05) is 31.2 Å². The van der Waals surface area contributed by atoms with Gasteiger partial charge in [-0.15, -0.1) is 0 Å². The molecule has 0 atom stereocenters. The molecule has 0 saturated heterocycles. The summed E-state index contributed by atoms with van der Waals surface area (Å²) in [5.74, 6) is 0.0384. The molecule has 2 heterocycles. The molecule has 0 saturated carbocycles. The standard InChI is InChI=1S/C16H15N3O/c1-9-15(10(2)20)13-6-12(7-14(17)16(13)19-9)11-4-3-5-18-8-11/h3-8,19H,17H2,1-2H3. The summed E-state index contributed by atoms with van der Waals surface area (Å²) in [4.78, 5) is 19.1. The highest BCUT2D eigenvalue weighted by molar-refractivity contribution is 6.11. The topological polar surface area (TPSA) is 71.8 Å². The number of nitrogens with zero attached hydrogens (tertiary/aromatic N) is 1. The van der Waals surface area contributed by atoms with Crippen LogP contribution in [-0.2, 0) is 0 Å². The van der Waals surface area contributed by atoms with Crippen molar-refractivity contribution >= 4 is 22.4 Å². The van der Waals surface area contributed by atoms with Gasteiger partial charge in [0.2, 0.25) is 0 Å². The zero-order valence-corrected chi connectivity index (χ0v) is 11.4. The molecule has 0 bridgehead atoms. The molecule has 0 unspecified atom stereocenters. The largest absolute Gasteiger partial charge is 0.397 e. The van der Waals surface area contributed by atoms with Gasteiger partial charge in [-0.25, -0.2) is 0 Å². The zero-order valence-electron chi connectivity index (χ0n) is 11.4. The number of nitrogen functional groups attached to an aromatic ring is 1. The first kappa shape index (κ1) is 12.4. The molecule has 0 aliphatic rings. The van der Waals surface area contributed by atoms with Crippen LogP contribution in [0.15, 0.2) is 36.7 Å². The molecule has 4 nitrogen and oxygen atoms in total. The number of nitrogens with one attached hydrogen (secondary N) is 1. The Labute approximate surface area is 116 Å². The molecule has 3 rings (SSSR count). The maximum absolute atomic E-state index is 11.8. The van der Waals surface area contributed by atoms with Gasteiger partial charge in [-0.2, -0.15) is 0 Å². The predicted molar refractivity (Wildman–Crippen MR) is 80.7 cm³/mol. The summed E-state index contributed by atoms with van der Waals surface area (Å²) in [5, 5.41) is 0.869. The SMILES string of the molecule is CC(=O)c1c(C)[nH]c2c(N)cc(-c3cccnc3)cc12. The highest BCUT2D eigenvalue weighted by Crippen LogP contribution is 2.32. The molecule has 1 aromatic carbocycles. The quantitative estimate of drug-likeness (QED) is 0.551. The van der Waals surface area contributed by atoms with E-state index in [1.165, 1.54) is 0 Å². The molecule has 0 aliphatic heterocycles. The summed E-state index contributed by atoms with van der Waals surface area (Å²) in [6.07, 6.45) is 3.51. The summed E-state index contributed by atoms with van der Waals surface area (Å²) in [6.45, 7) is 3.46. The minimum Gasteiger partial charge on any atom is -0.397 e. The van der Waals surface area contributed by atoms with E-state index in [0.29, 0.717) is 11.3 Å². The van der Waals surface area contributed by atoms with Crippen LogP contribution >= 0.6 is 0 Å². The molecule has 2 aromatic heterocycles. The van der Waals surface area contributed by atoms with Crippen molar-refractivity contribution in [2.75, 3.05) is 5.73 Å². The average Bonchev–Trinajstić information content (AvgIpc) is 2.76. The molecule has 0 radical (unpaired) electrons. The number of rotatable bonds is 2. The minimum absolute atomic E-state index is 0.0384.